The lowest BCUT2D eigenvalue weighted by atomic mass is 10.1. The first-order chi connectivity index (χ1) is 13.7. The molecular weight excluding hydrogens is 412 g/mol. The van der Waals surface area contributed by atoms with Gasteiger partial charge in [-0.15, -0.1) is 0 Å². The van der Waals surface area contributed by atoms with Crippen LogP contribution in [0.15, 0.2) is 85.9 Å². The highest BCUT2D eigenvalue weighted by Crippen LogP contribution is 2.40. The highest BCUT2D eigenvalue weighted by atomic mass is 32.2. The predicted octanol–water partition coefficient (Wildman–Crippen LogP) is 3.59. The molecule has 0 aromatic heterocycles. The minimum Gasteiger partial charge on any atom is -0.506 e. The van der Waals surface area contributed by atoms with E-state index in [4.69, 9.17) is 0 Å². The summed E-state index contributed by atoms with van der Waals surface area (Å²) >= 11 is 0. The largest absolute Gasteiger partial charge is 0.506 e. The molecule has 0 saturated heterocycles. The predicted molar refractivity (Wildman–Crippen MR) is 108 cm³/mol. The Balaban J connectivity index is 1.86. The van der Waals surface area contributed by atoms with E-state index in [0.29, 0.717) is 5.57 Å². The van der Waals surface area contributed by atoms with Crippen molar-refractivity contribution in [3.8, 4) is 0 Å². The quantitative estimate of drug-likeness (QED) is 0.749. The number of hydrogen-bond donors (Lipinski definition) is 1. The van der Waals surface area contributed by atoms with E-state index < -0.39 is 36.1 Å². The zero-order valence-corrected chi connectivity index (χ0v) is 16.9. The van der Waals surface area contributed by atoms with Crippen LogP contribution in [-0.2, 0) is 19.7 Å². The number of carbonyl (C=O) groups excluding carboxylic acids is 1. The Hall–Kier alpha value is -2.97. The first kappa shape index (κ1) is 19.4. The summed E-state index contributed by atoms with van der Waals surface area (Å²) < 4.78 is 51.1. The lowest BCUT2D eigenvalue weighted by Gasteiger charge is -2.03. The summed E-state index contributed by atoms with van der Waals surface area (Å²) in [4.78, 5) is 11.8. The van der Waals surface area contributed by atoms with Crippen molar-refractivity contribution in [2.24, 2.45) is 0 Å². The van der Waals surface area contributed by atoms with Crippen molar-refractivity contribution in [2.45, 2.75) is 23.1 Å². The average Bonchev–Trinajstić information content (AvgIpc) is 3.02. The fraction of sp³-hybridized carbons (Fsp3) is 0.0952. The highest BCUT2D eigenvalue weighted by Gasteiger charge is 2.39. The molecule has 0 fully saturated rings. The molecule has 2 heterocycles. The Bertz CT molecular complexity index is 1370. The number of allylic oxidation sites excluding steroid dienone is 4. The fourth-order valence-corrected chi connectivity index (χ4v) is 6.63. The van der Waals surface area contributed by atoms with Crippen molar-refractivity contribution in [1.29, 1.82) is 0 Å². The van der Waals surface area contributed by atoms with Gasteiger partial charge in [-0.05, 0) is 48.4 Å². The minimum atomic E-state index is -3.99. The SMILES string of the molecule is CCC(=CC1=C(O)c2ccccc2S1(=O)=O)C=C1C(=O)c2ccccc2S1(=O)=O. The van der Waals surface area contributed by atoms with Gasteiger partial charge in [0.25, 0.3) is 0 Å². The van der Waals surface area contributed by atoms with Crippen LogP contribution < -0.4 is 0 Å². The number of sulfone groups is 2. The number of hydrogen-bond acceptors (Lipinski definition) is 6. The molecule has 2 aliphatic rings. The second kappa shape index (κ2) is 6.53. The molecule has 8 heteroatoms. The number of benzene rings is 2. The van der Waals surface area contributed by atoms with Crippen LogP contribution in [0, 0.1) is 0 Å². The van der Waals surface area contributed by atoms with Gasteiger partial charge in [0.2, 0.25) is 25.5 Å². The first-order valence-electron chi connectivity index (χ1n) is 8.78. The van der Waals surface area contributed by atoms with Crippen LogP contribution in [0.3, 0.4) is 0 Å². The van der Waals surface area contributed by atoms with E-state index in [1.165, 1.54) is 42.5 Å². The summed E-state index contributed by atoms with van der Waals surface area (Å²) in [6, 6.07) is 12.0. The topological polar surface area (TPSA) is 106 Å². The zero-order chi connectivity index (χ0) is 21.0. The standard InChI is InChI=1S/C21H16O6S2/c1-2-13(11-18-20(22)14-7-3-5-9-16(14)28(18,24)25)12-19-21(23)15-8-4-6-10-17(15)29(19,26)27/h3-12,22H,2H2,1H3. The van der Waals surface area contributed by atoms with Crippen LogP contribution in [-0.4, -0.2) is 27.7 Å². The van der Waals surface area contributed by atoms with Crippen LogP contribution in [0.4, 0.5) is 0 Å². The molecule has 0 aliphatic carbocycles. The van der Waals surface area contributed by atoms with Gasteiger partial charge in [0.05, 0.1) is 9.79 Å². The number of rotatable bonds is 3. The summed E-state index contributed by atoms with van der Waals surface area (Å²) in [5.74, 6) is -1.02. The van der Waals surface area contributed by atoms with Crippen molar-refractivity contribution in [3.63, 3.8) is 0 Å². The Morgan fingerprint density at radius 2 is 1.45 bits per heavy atom. The number of aliphatic hydroxyl groups excluding tert-OH is 1. The molecule has 2 aromatic carbocycles. The fourth-order valence-electron chi connectivity index (χ4n) is 3.41. The lowest BCUT2D eigenvalue weighted by molar-refractivity contribution is 0.104. The molecule has 148 valence electrons. The number of Topliss-reactive ketones (excluding diaryl/α,β-unsaturated/α-hetero) is 1. The molecular formula is C21H16O6S2. The molecule has 29 heavy (non-hydrogen) atoms. The van der Waals surface area contributed by atoms with Gasteiger partial charge < -0.3 is 5.11 Å². The average molecular weight is 428 g/mol. The van der Waals surface area contributed by atoms with E-state index in [0.717, 1.165) is 0 Å². The maximum atomic E-state index is 12.8. The molecule has 4 rings (SSSR count). The maximum absolute atomic E-state index is 12.8. The monoisotopic (exact) mass is 428 g/mol. The third-order valence-corrected chi connectivity index (χ3v) is 8.57. The molecule has 0 saturated carbocycles. The van der Waals surface area contributed by atoms with Crippen LogP contribution in [0.1, 0.15) is 29.3 Å². The highest BCUT2D eigenvalue weighted by molar-refractivity contribution is 7.97. The second-order valence-corrected chi connectivity index (χ2v) is 10.4. The summed E-state index contributed by atoms with van der Waals surface area (Å²) in [6.45, 7) is 1.70. The van der Waals surface area contributed by atoms with Crippen LogP contribution >= 0.6 is 0 Å². The lowest BCUT2D eigenvalue weighted by Crippen LogP contribution is -2.04. The number of fused-ring (bicyclic) bond motifs is 2. The van der Waals surface area contributed by atoms with E-state index in [1.54, 1.807) is 25.1 Å². The third-order valence-electron chi connectivity index (χ3n) is 4.93. The Labute approximate surface area is 168 Å². The summed E-state index contributed by atoms with van der Waals surface area (Å²) in [7, 11) is -7.93. The first-order valence-corrected chi connectivity index (χ1v) is 11.7. The van der Waals surface area contributed by atoms with Crippen molar-refractivity contribution in [1.82, 2.24) is 0 Å². The molecule has 0 spiro atoms. The molecule has 6 nitrogen and oxygen atoms in total. The summed E-state index contributed by atoms with van der Waals surface area (Å²) in [6.07, 6.45) is 2.67. The zero-order valence-electron chi connectivity index (χ0n) is 15.3. The van der Waals surface area contributed by atoms with Crippen molar-refractivity contribution >= 4 is 31.2 Å². The molecule has 2 aliphatic heterocycles. The normalized spacial score (nSPS) is 20.8. The van der Waals surface area contributed by atoms with Crippen LogP contribution in [0.25, 0.3) is 5.76 Å². The third kappa shape index (κ3) is 2.79. The van der Waals surface area contributed by atoms with Gasteiger partial charge in [-0.25, -0.2) is 16.8 Å². The van der Waals surface area contributed by atoms with Crippen LogP contribution in [0.5, 0.6) is 0 Å². The smallest absolute Gasteiger partial charge is 0.211 e. The van der Waals surface area contributed by atoms with Gasteiger partial charge in [0.15, 0.2) is 0 Å². The van der Waals surface area contributed by atoms with Crippen molar-refractivity contribution < 1.29 is 26.7 Å². The van der Waals surface area contributed by atoms with Gasteiger partial charge in [0.1, 0.15) is 15.6 Å². The molecule has 1 N–H and O–H groups in total. The maximum Gasteiger partial charge on any atom is 0.211 e. The molecule has 2 aromatic rings. The van der Waals surface area contributed by atoms with Gasteiger partial charge in [0, 0.05) is 11.1 Å². The van der Waals surface area contributed by atoms with Crippen molar-refractivity contribution in [3.05, 3.63) is 87.2 Å². The number of aliphatic hydroxyl groups is 1. The number of ketones is 1. The van der Waals surface area contributed by atoms with E-state index >= 15 is 0 Å². The van der Waals surface area contributed by atoms with Gasteiger partial charge in [-0.1, -0.05) is 31.2 Å². The van der Waals surface area contributed by atoms with E-state index in [-0.39, 0.29) is 32.2 Å². The minimum absolute atomic E-state index is 0.0103. The Morgan fingerprint density at radius 3 is 2.00 bits per heavy atom. The van der Waals surface area contributed by atoms with Crippen LogP contribution in [0.2, 0.25) is 0 Å². The van der Waals surface area contributed by atoms with Gasteiger partial charge in [-0.3, -0.25) is 4.79 Å². The summed E-state index contributed by atoms with van der Waals surface area (Å²) in [5, 5.41) is 10.4. The molecule has 0 radical (unpaired) electrons. The van der Waals surface area contributed by atoms with Gasteiger partial charge >= 0.3 is 0 Å². The second-order valence-electron chi connectivity index (χ2n) is 6.62. The van der Waals surface area contributed by atoms with E-state index in [2.05, 4.69) is 0 Å². The molecule has 0 bridgehead atoms. The molecule has 0 atom stereocenters. The molecule has 0 amide bonds. The van der Waals surface area contributed by atoms with Gasteiger partial charge in [-0.2, -0.15) is 0 Å². The van der Waals surface area contributed by atoms with Crippen molar-refractivity contribution in [2.75, 3.05) is 0 Å². The van der Waals surface area contributed by atoms with E-state index in [9.17, 15) is 26.7 Å². The number of carbonyl (C=O) groups is 1. The Kier molecular flexibility index (Phi) is 4.36. The summed E-state index contributed by atoms with van der Waals surface area (Å²) in [5.41, 5.74) is 0.582. The molecule has 0 unspecified atom stereocenters. The van der Waals surface area contributed by atoms with E-state index in [1.807, 2.05) is 0 Å². The Morgan fingerprint density at radius 1 is 0.897 bits per heavy atom.